The summed E-state index contributed by atoms with van der Waals surface area (Å²) in [6, 6.07) is 0.859. The predicted octanol–water partition coefficient (Wildman–Crippen LogP) is 2.97. The van der Waals surface area contributed by atoms with Gasteiger partial charge in [-0.25, -0.2) is 0 Å². The van der Waals surface area contributed by atoms with E-state index >= 15 is 0 Å². The van der Waals surface area contributed by atoms with Gasteiger partial charge in [0.25, 0.3) is 0 Å². The Hall–Kier alpha value is -0.0800. The molecule has 0 heterocycles. The Morgan fingerprint density at radius 3 is 2.71 bits per heavy atom. The number of ether oxygens (including phenoxy) is 1. The van der Waals surface area contributed by atoms with Gasteiger partial charge in [0.15, 0.2) is 0 Å². The van der Waals surface area contributed by atoms with Crippen LogP contribution in [0.3, 0.4) is 0 Å². The Morgan fingerprint density at radius 2 is 2.12 bits per heavy atom. The van der Waals surface area contributed by atoms with Crippen molar-refractivity contribution in [2.45, 2.75) is 57.9 Å². The molecular weight excluding hydrogens is 210 g/mol. The minimum Gasteiger partial charge on any atom is -0.382 e. The third-order valence-corrected chi connectivity index (χ3v) is 5.37. The summed E-state index contributed by atoms with van der Waals surface area (Å²) in [4.78, 5) is 0. The molecule has 0 amide bonds. The van der Waals surface area contributed by atoms with Crippen LogP contribution in [0.15, 0.2) is 0 Å². The molecule has 0 aromatic heterocycles. The molecule has 0 aliphatic heterocycles. The van der Waals surface area contributed by atoms with Crippen LogP contribution in [0.5, 0.6) is 0 Å². The van der Waals surface area contributed by atoms with Crippen molar-refractivity contribution in [3.05, 3.63) is 0 Å². The largest absolute Gasteiger partial charge is 0.382 e. The molecule has 3 saturated carbocycles. The molecule has 0 spiro atoms. The first-order valence-corrected chi connectivity index (χ1v) is 7.63. The van der Waals surface area contributed by atoms with Gasteiger partial charge < -0.3 is 10.1 Å². The summed E-state index contributed by atoms with van der Waals surface area (Å²) in [7, 11) is 0. The average Bonchev–Trinajstić information content (AvgIpc) is 2.96. The third-order valence-electron chi connectivity index (χ3n) is 5.37. The van der Waals surface area contributed by atoms with E-state index < -0.39 is 0 Å². The average molecular weight is 237 g/mol. The standard InChI is InChI=1S/C15H27NO/c1-2-17-8-7-15(11-16-14-5-6-14)10-12-3-4-13(15)9-12/h12-14,16H,2-11H2,1H3. The summed E-state index contributed by atoms with van der Waals surface area (Å²) in [5.41, 5.74) is 0.598. The van der Waals surface area contributed by atoms with Crippen molar-refractivity contribution in [2.24, 2.45) is 17.3 Å². The van der Waals surface area contributed by atoms with Crippen LogP contribution in [0, 0.1) is 17.3 Å². The fraction of sp³-hybridized carbons (Fsp3) is 1.00. The fourth-order valence-corrected chi connectivity index (χ4v) is 4.22. The Labute approximate surface area is 105 Å². The van der Waals surface area contributed by atoms with Gasteiger partial charge in [-0.2, -0.15) is 0 Å². The number of nitrogens with one attached hydrogen (secondary N) is 1. The van der Waals surface area contributed by atoms with Crippen LogP contribution >= 0.6 is 0 Å². The van der Waals surface area contributed by atoms with Gasteiger partial charge in [0.05, 0.1) is 0 Å². The van der Waals surface area contributed by atoms with Crippen LogP contribution in [0.1, 0.15) is 51.9 Å². The van der Waals surface area contributed by atoms with E-state index in [4.69, 9.17) is 4.74 Å². The van der Waals surface area contributed by atoms with Gasteiger partial charge in [0.1, 0.15) is 0 Å². The van der Waals surface area contributed by atoms with E-state index in [1.165, 1.54) is 51.5 Å². The lowest BCUT2D eigenvalue weighted by atomic mass is 9.71. The maximum atomic E-state index is 5.62. The number of rotatable bonds is 7. The summed E-state index contributed by atoms with van der Waals surface area (Å²) < 4.78 is 5.62. The highest BCUT2D eigenvalue weighted by Gasteiger charge is 2.50. The first kappa shape index (κ1) is 12.0. The lowest BCUT2D eigenvalue weighted by molar-refractivity contribution is 0.0680. The Balaban J connectivity index is 1.58. The number of hydrogen-bond donors (Lipinski definition) is 1. The quantitative estimate of drug-likeness (QED) is 0.687. The summed E-state index contributed by atoms with van der Waals surface area (Å²) in [6.45, 7) is 5.23. The molecule has 2 bridgehead atoms. The number of hydrogen-bond acceptors (Lipinski definition) is 2. The molecule has 17 heavy (non-hydrogen) atoms. The van der Waals surface area contributed by atoms with Gasteiger partial charge in [0, 0.05) is 25.8 Å². The molecule has 2 heteroatoms. The Bertz CT molecular complexity index is 264. The maximum absolute atomic E-state index is 5.62. The van der Waals surface area contributed by atoms with Crippen molar-refractivity contribution in [2.75, 3.05) is 19.8 Å². The minimum absolute atomic E-state index is 0.598. The maximum Gasteiger partial charge on any atom is 0.0471 e. The van der Waals surface area contributed by atoms with Gasteiger partial charge in [-0.05, 0) is 62.7 Å². The molecule has 0 aromatic rings. The Kier molecular flexibility index (Phi) is 3.45. The summed E-state index contributed by atoms with van der Waals surface area (Å²) >= 11 is 0. The van der Waals surface area contributed by atoms with E-state index in [1.807, 2.05) is 0 Å². The van der Waals surface area contributed by atoms with E-state index in [1.54, 1.807) is 0 Å². The normalized spacial score (nSPS) is 40.1. The molecule has 3 atom stereocenters. The van der Waals surface area contributed by atoms with Crippen molar-refractivity contribution < 1.29 is 4.74 Å². The van der Waals surface area contributed by atoms with Crippen molar-refractivity contribution in [3.8, 4) is 0 Å². The van der Waals surface area contributed by atoms with Gasteiger partial charge in [0.2, 0.25) is 0 Å². The van der Waals surface area contributed by atoms with Gasteiger partial charge >= 0.3 is 0 Å². The van der Waals surface area contributed by atoms with Gasteiger partial charge in [-0.15, -0.1) is 0 Å². The van der Waals surface area contributed by atoms with Crippen LogP contribution in [0.2, 0.25) is 0 Å². The van der Waals surface area contributed by atoms with Crippen molar-refractivity contribution >= 4 is 0 Å². The van der Waals surface area contributed by atoms with Crippen molar-refractivity contribution in [1.82, 2.24) is 5.32 Å². The highest BCUT2D eigenvalue weighted by molar-refractivity contribution is 5.02. The molecule has 3 unspecified atom stereocenters. The van der Waals surface area contributed by atoms with Crippen LogP contribution in [-0.4, -0.2) is 25.8 Å². The second kappa shape index (κ2) is 4.89. The zero-order valence-electron chi connectivity index (χ0n) is 11.2. The smallest absolute Gasteiger partial charge is 0.0471 e. The third kappa shape index (κ3) is 2.53. The van der Waals surface area contributed by atoms with Crippen LogP contribution in [0.25, 0.3) is 0 Å². The molecule has 3 aliphatic carbocycles. The zero-order chi connectivity index (χ0) is 11.7. The molecule has 0 saturated heterocycles. The van der Waals surface area contributed by atoms with Crippen molar-refractivity contribution in [1.29, 1.82) is 0 Å². The van der Waals surface area contributed by atoms with Gasteiger partial charge in [-0.1, -0.05) is 6.42 Å². The van der Waals surface area contributed by atoms with Gasteiger partial charge in [-0.3, -0.25) is 0 Å². The molecule has 2 nitrogen and oxygen atoms in total. The molecule has 3 aliphatic rings. The highest BCUT2D eigenvalue weighted by Crippen LogP contribution is 2.57. The molecule has 3 fully saturated rings. The highest BCUT2D eigenvalue weighted by atomic mass is 16.5. The molecule has 3 rings (SSSR count). The van der Waals surface area contributed by atoms with E-state index in [2.05, 4.69) is 12.2 Å². The van der Waals surface area contributed by atoms with Crippen LogP contribution in [-0.2, 0) is 4.74 Å². The second-order valence-electron chi connectivity index (χ2n) is 6.54. The van der Waals surface area contributed by atoms with E-state index in [-0.39, 0.29) is 0 Å². The van der Waals surface area contributed by atoms with Crippen molar-refractivity contribution in [3.63, 3.8) is 0 Å². The molecule has 98 valence electrons. The monoisotopic (exact) mass is 237 g/mol. The van der Waals surface area contributed by atoms with Crippen LogP contribution in [0.4, 0.5) is 0 Å². The number of fused-ring (bicyclic) bond motifs is 2. The van der Waals surface area contributed by atoms with E-state index in [0.717, 1.165) is 31.1 Å². The fourth-order valence-electron chi connectivity index (χ4n) is 4.22. The second-order valence-corrected chi connectivity index (χ2v) is 6.54. The van der Waals surface area contributed by atoms with E-state index in [9.17, 15) is 0 Å². The lowest BCUT2D eigenvalue weighted by Crippen LogP contribution is -2.40. The first-order valence-electron chi connectivity index (χ1n) is 7.63. The molecule has 1 N–H and O–H groups in total. The topological polar surface area (TPSA) is 21.3 Å². The first-order chi connectivity index (χ1) is 8.32. The van der Waals surface area contributed by atoms with Crippen LogP contribution < -0.4 is 5.32 Å². The summed E-state index contributed by atoms with van der Waals surface area (Å²) in [5, 5.41) is 3.80. The minimum atomic E-state index is 0.598. The van der Waals surface area contributed by atoms with E-state index in [0.29, 0.717) is 5.41 Å². The zero-order valence-corrected chi connectivity index (χ0v) is 11.2. The summed E-state index contributed by atoms with van der Waals surface area (Å²) in [6.07, 6.45) is 10.1. The molecule has 0 aromatic carbocycles. The lowest BCUT2D eigenvalue weighted by Gasteiger charge is -2.38. The molecular formula is C15H27NO. The SMILES string of the molecule is CCOCCC1(CNC2CC2)CC2CCC1C2. The predicted molar refractivity (Wildman–Crippen MR) is 70.0 cm³/mol. The summed E-state index contributed by atoms with van der Waals surface area (Å²) in [5.74, 6) is 2.04. The molecule has 0 radical (unpaired) electrons. The Morgan fingerprint density at radius 1 is 1.24 bits per heavy atom.